The molecule has 0 spiro atoms. The Balaban J connectivity index is 2.11. The van der Waals surface area contributed by atoms with Crippen LogP contribution in [0.2, 0.25) is 0 Å². The molecule has 1 aliphatic rings. The van der Waals surface area contributed by atoms with E-state index >= 15 is 0 Å². The monoisotopic (exact) mass is 255 g/mol. The zero-order valence-corrected chi connectivity index (χ0v) is 10.5. The predicted molar refractivity (Wildman–Crippen MR) is 70.1 cm³/mol. The van der Waals surface area contributed by atoms with Gasteiger partial charge in [-0.15, -0.1) is 11.3 Å². The average Bonchev–Trinajstić information content (AvgIpc) is 2.81. The molecule has 1 heterocycles. The Morgan fingerprint density at radius 3 is 2.33 bits per heavy atom. The minimum Gasteiger partial charge on any atom is -0.288 e. The molecule has 0 fully saturated rings. The molecule has 0 saturated carbocycles. The van der Waals surface area contributed by atoms with Gasteiger partial charge in [0.2, 0.25) is 5.78 Å². The van der Waals surface area contributed by atoms with E-state index in [0.29, 0.717) is 9.88 Å². The fourth-order valence-electron chi connectivity index (χ4n) is 1.78. The van der Waals surface area contributed by atoms with Crippen LogP contribution in [0.3, 0.4) is 0 Å². The molecule has 0 saturated heterocycles. The molecule has 0 atom stereocenters. The zero-order valence-electron chi connectivity index (χ0n) is 9.64. The van der Waals surface area contributed by atoms with Crippen LogP contribution < -0.4 is 0 Å². The lowest BCUT2D eigenvalue weighted by Crippen LogP contribution is -2.08. The first-order valence-electron chi connectivity index (χ1n) is 5.50. The van der Waals surface area contributed by atoms with Crippen LogP contribution in [0.15, 0.2) is 36.4 Å². The van der Waals surface area contributed by atoms with Gasteiger partial charge in [-0.2, -0.15) is 0 Å². The van der Waals surface area contributed by atoms with Crippen LogP contribution in [0.5, 0.6) is 0 Å². The van der Waals surface area contributed by atoms with E-state index < -0.39 is 0 Å². The van der Waals surface area contributed by atoms with Gasteiger partial charge in [-0.05, 0) is 19.1 Å². The third kappa shape index (κ3) is 1.71. The van der Waals surface area contributed by atoms with Crippen LogP contribution in [0, 0.1) is 6.92 Å². The van der Waals surface area contributed by atoms with Gasteiger partial charge >= 0.3 is 0 Å². The minimum absolute atomic E-state index is 0.138. The minimum atomic E-state index is -0.195. The second-order valence-corrected chi connectivity index (χ2v) is 5.12. The summed E-state index contributed by atoms with van der Waals surface area (Å²) in [7, 11) is 0. The summed E-state index contributed by atoms with van der Waals surface area (Å²) in [4.78, 5) is 28.0. The van der Waals surface area contributed by atoms with E-state index in [-0.39, 0.29) is 17.3 Å². The van der Waals surface area contributed by atoms with Gasteiger partial charge < -0.3 is 0 Å². The number of thiazole rings is 1. The quantitative estimate of drug-likeness (QED) is 0.786. The SMILES string of the molecule is Cc1ccc(-c2nc3c(s2)C(=O)C=CC3=O)cc1. The van der Waals surface area contributed by atoms with Crippen LogP contribution in [-0.4, -0.2) is 16.6 Å². The number of nitrogens with zero attached hydrogens (tertiary/aromatic N) is 1. The number of hydrogen-bond donors (Lipinski definition) is 0. The van der Waals surface area contributed by atoms with Crippen molar-refractivity contribution in [3.63, 3.8) is 0 Å². The number of fused-ring (bicyclic) bond motifs is 1. The molecule has 18 heavy (non-hydrogen) atoms. The molecule has 3 nitrogen and oxygen atoms in total. The van der Waals surface area contributed by atoms with Crippen molar-refractivity contribution in [2.75, 3.05) is 0 Å². The second-order valence-electron chi connectivity index (χ2n) is 4.12. The molecule has 1 aromatic heterocycles. The highest BCUT2D eigenvalue weighted by Crippen LogP contribution is 2.30. The summed E-state index contributed by atoms with van der Waals surface area (Å²) >= 11 is 1.27. The predicted octanol–water partition coefficient (Wildman–Crippen LogP) is 3.05. The van der Waals surface area contributed by atoms with Crippen LogP contribution in [0.4, 0.5) is 0 Å². The molecule has 0 unspecified atom stereocenters. The van der Waals surface area contributed by atoms with E-state index in [0.717, 1.165) is 11.1 Å². The maximum atomic E-state index is 11.7. The molecular formula is C14H9NO2S. The van der Waals surface area contributed by atoms with E-state index in [9.17, 15) is 9.59 Å². The molecule has 1 aliphatic carbocycles. The maximum Gasteiger partial charge on any atom is 0.205 e. The molecule has 0 bridgehead atoms. The molecule has 88 valence electrons. The fraction of sp³-hybridized carbons (Fsp3) is 0.0714. The van der Waals surface area contributed by atoms with Crippen molar-refractivity contribution in [2.24, 2.45) is 0 Å². The lowest BCUT2D eigenvalue weighted by molar-refractivity contribution is 0.0994. The third-order valence-electron chi connectivity index (χ3n) is 2.77. The summed E-state index contributed by atoms with van der Waals surface area (Å²) in [5.41, 5.74) is 2.37. The topological polar surface area (TPSA) is 47.0 Å². The van der Waals surface area contributed by atoms with E-state index in [1.807, 2.05) is 31.2 Å². The summed E-state index contributed by atoms with van der Waals surface area (Å²) in [6.45, 7) is 2.01. The molecule has 4 heteroatoms. The van der Waals surface area contributed by atoms with Crippen molar-refractivity contribution >= 4 is 22.9 Å². The van der Waals surface area contributed by atoms with Crippen molar-refractivity contribution in [3.8, 4) is 10.6 Å². The van der Waals surface area contributed by atoms with Crippen LogP contribution in [0.1, 0.15) is 25.7 Å². The van der Waals surface area contributed by atoms with E-state index in [1.165, 1.54) is 23.5 Å². The summed E-state index contributed by atoms with van der Waals surface area (Å²) in [6.07, 6.45) is 2.59. The first-order valence-corrected chi connectivity index (χ1v) is 6.31. The number of allylic oxidation sites excluding steroid dienone is 2. The van der Waals surface area contributed by atoms with Crippen molar-refractivity contribution < 1.29 is 9.59 Å². The Morgan fingerprint density at radius 1 is 1.00 bits per heavy atom. The van der Waals surface area contributed by atoms with Gasteiger partial charge in [0.1, 0.15) is 15.6 Å². The van der Waals surface area contributed by atoms with Crippen molar-refractivity contribution in [1.82, 2.24) is 4.98 Å². The number of carbonyl (C=O) groups is 2. The Morgan fingerprint density at radius 2 is 1.67 bits per heavy atom. The summed E-state index contributed by atoms with van der Waals surface area (Å²) in [5, 5.41) is 0.713. The number of carbonyl (C=O) groups excluding carboxylic acids is 2. The standard InChI is InChI=1S/C14H9NO2S/c1-8-2-4-9(5-3-8)14-15-12-10(16)6-7-11(17)13(12)18-14/h2-7H,1H3. The number of aryl methyl sites for hydroxylation is 1. The van der Waals surface area contributed by atoms with Gasteiger partial charge in [0, 0.05) is 5.56 Å². The lowest BCUT2D eigenvalue weighted by Gasteiger charge is -1.98. The number of rotatable bonds is 1. The van der Waals surface area contributed by atoms with Crippen molar-refractivity contribution in [1.29, 1.82) is 0 Å². The smallest absolute Gasteiger partial charge is 0.205 e. The van der Waals surface area contributed by atoms with Gasteiger partial charge in [0.05, 0.1) is 0 Å². The Kier molecular flexibility index (Phi) is 2.45. The Bertz CT molecular complexity index is 645. The third-order valence-corrected chi connectivity index (χ3v) is 3.89. The zero-order chi connectivity index (χ0) is 12.7. The van der Waals surface area contributed by atoms with Gasteiger partial charge in [-0.1, -0.05) is 29.8 Å². The fourth-order valence-corrected chi connectivity index (χ4v) is 2.78. The molecule has 0 N–H and O–H groups in total. The number of aromatic nitrogens is 1. The number of hydrogen-bond acceptors (Lipinski definition) is 4. The first kappa shape index (κ1) is 11.0. The lowest BCUT2D eigenvalue weighted by atomic mass is 10.1. The Hall–Kier alpha value is -2.07. The maximum absolute atomic E-state index is 11.7. The first-order chi connectivity index (χ1) is 8.65. The van der Waals surface area contributed by atoms with Crippen molar-refractivity contribution in [3.05, 3.63) is 52.6 Å². The molecule has 3 rings (SSSR count). The van der Waals surface area contributed by atoms with Crippen molar-refractivity contribution in [2.45, 2.75) is 6.92 Å². The van der Waals surface area contributed by atoms with Gasteiger partial charge in [0.15, 0.2) is 5.78 Å². The summed E-state index contributed by atoms with van der Waals surface area (Å²) in [5.74, 6) is -0.334. The normalized spacial score (nSPS) is 13.8. The highest BCUT2D eigenvalue weighted by molar-refractivity contribution is 7.17. The molecular weight excluding hydrogens is 246 g/mol. The van der Waals surface area contributed by atoms with Crippen LogP contribution >= 0.6 is 11.3 Å². The number of benzene rings is 1. The highest BCUT2D eigenvalue weighted by Gasteiger charge is 2.24. The van der Waals surface area contributed by atoms with Crippen LogP contribution in [0.25, 0.3) is 10.6 Å². The Labute approximate surface area is 108 Å². The number of ketones is 2. The van der Waals surface area contributed by atoms with Crippen LogP contribution in [-0.2, 0) is 0 Å². The molecule has 0 radical (unpaired) electrons. The molecule has 0 aliphatic heterocycles. The van der Waals surface area contributed by atoms with E-state index in [2.05, 4.69) is 4.98 Å². The molecule has 1 aromatic carbocycles. The van der Waals surface area contributed by atoms with Gasteiger partial charge in [-0.25, -0.2) is 4.98 Å². The second kappa shape index (κ2) is 3.99. The van der Waals surface area contributed by atoms with E-state index in [1.54, 1.807) is 0 Å². The summed E-state index contributed by atoms with van der Waals surface area (Å²) in [6, 6.07) is 7.86. The largest absolute Gasteiger partial charge is 0.288 e. The highest BCUT2D eigenvalue weighted by atomic mass is 32.1. The van der Waals surface area contributed by atoms with Gasteiger partial charge in [-0.3, -0.25) is 9.59 Å². The molecule has 0 amide bonds. The van der Waals surface area contributed by atoms with Gasteiger partial charge in [0.25, 0.3) is 0 Å². The van der Waals surface area contributed by atoms with E-state index in [4.69, 9.17) is 0 Å². The average molecular weight is 255 g/mol. The molecule has 2 aromatic rings. The summed E-state index contributed by atoms with van der Waals surface area (Å²) < 4.78 is 0.